The maximum Gasteiger partial charge on any atom is 0.141 e. The van der Waals surface area contributed by atoms with E-state index < -0.39 is 0 Å². The molecule has 0 aliphatic rings. The van der Waals surface area contributed by atoms with Crippen LogP contribution in [-0.4, -0.2) is 26.0 Å². The molecular formula is C20H23N3O. The van der Waals surface area contributed by atoms with Gasteiger partial charge in [-0.3, -0.25) is 9.88 Å². The molecule has 0 aliphatic heterocycles. The minimum Gasteiger partial charge on any atom is -0.506 e. The second-order valence-corrected chi connectivity index (χ2v) is 6.17. The Bertz CT molecular complexity index is 804. The summed E-state index contributed by atoms with van der Waals surface area (Å²) >= 11 is 0. The van der Waals surface area contributed by atoms with Crippen molar-refractivity contribution in [1.29, 1.82) is 0 Å². The Morgan fingerprint density at radius 1 is 1.08 bits per heavy atom. The van der Waals surface area contributed by atoms with Gasteiger partial charge in [-0.05, 0) is 37.1 Å². The molecular weight excluding hydrogens is 298 g/mol. The fourth-order valence-corrected chi connectivity index (χ4v) is 2.82. The second-order valence-electron chi connectivity index (χ2n) is 6.17. The van der Waals surface area contributed by atoms with Gasteiger partial charge in [-0.2, -0.15) is 0 Å². The van der Waals surface area contributed by atoms with E-state index in [2.05, 4.69) is 34.8 Å². The molecule has 0 fully saturated rings. The molecule has 0 saturated carbocycles. The lowest BCUT2D eigenvalue weighted by Crippen LogP contribution is -2.32. The number of fused-ring (bicyclic) bond motifs is 1. The first-order chi connectivity index (χ1) is 11.7. The van der Waals surface area contributed by atoms with Crippen molar-refractivity contribution in [2.45, 2.75) is 39.4 Å². The first kappa shape index (κ1) is 16.4. The van der Waals surface area contributed by atoms with E-state index >= 15 is 0 Å². The van der Waals surface area contributed by atoms with Gasteiger partial charge in [-0.1, -0.05) is 31.2 Å². The van der Waals surface area contributed by atoms with Crippen molar-refractivity contribution in [2.24, 2.45) is 0 Å². The molecule has 1 aromatic carbocycles. The van der Waals surface area contributed by atoms with Crippen molar-refractivity contribution in [3.8, 4) is 5.75 Å². The van der Waals surface area contributed by atoms with Crippen LogP contribution in [0.3, 0.4) is 0 Å². The number of pyridine rings is 2. The molecule has 0 aliphatic carbocycles. The first-order valence-electron chi connectivity index (χ1n) is 8.38. The highest BCUT2D eigenvalue weighted by atomic mass is 16.3. The highest BCUT2D eigenvalue weighted by Gasteiger charge is 2.15. The van der Waals surface area contributed by atoms with Crippen molar-refractivity contribution in [3.63, 3.8) is 0 Å². The Balaban J connectivity index is 1.85. The van der Waals surface area contributed by atoms with Crippen LogP contribution in [0, 0.1) is 0 Å². The summed E-state index contributed by atoms with van der Waals surface area (Å²) < 4.78 is 0. The average molecular weight is 321 g/mol. The van der Waals surface area contributed by atoms with Gasteiger partial charge in [0.2, 0.25) is 0 Å². The predicted molar refractivity (Wildman–Crippen MR) is 96.6 cm³/mol. The van der Waals surface area contributed by atoms with E-state index in [1.807, 2.05) is 36.5 Å². The first-order valence-corrected chi connectivity index (χ1v) is 8.38. The number of aromatic nitrogens is 2. The second kappa shape index (κ2) is 7.41. The zero-order chi connectivity index (χ0) is 16.9. The van der Waals surface area contributed by atoms with Crippen molar-refractivity contribution in [2.75, 3.05) is 0 Å². The molecule has 0 spiro atoms. The van der Waals surface area contributed by atoms with Gasteiger partial charge in [0.1, 0.15) is 11.3 Å². The van der Waals surface area contributed by atoms with Crippen LogP contribution in [0.5, 0.6) is 5.75 Å². The molecule has 0 saturated heterocycles. The summed E-state index contributed by atoms with van der Waals surface area (Å²) in [5.41, 5.74) is 2.83. The number of benzene rings is 1. The van der Waals surface area contributed by atoms with Gasteiger partial charge in [0, 0.05) is 36.9 Å². The Kier molecular flexibility index (Phi) is 5.06. The maximum atomic E-state index is 10.0. The van der Waals surface area contributed by atoms with E-state index in [1.54, 1.807) is 12.3 Å². The molecule has 0 unspecified atom stereocenters. The number of para-hydroxylation sites is 1. The molecule has 24 heavy (non-hydrogen) atoms. The van der Waals surface area contributed by atoms with Gasteiger partial charge in [-0.15, -0.1) is 0 Å². The van der Waals surface area contributed by atoms with Crippen LogP contribution in [-0.2, 0) is 13.1 Å². The number of aromatic hydroxyl groups is 1. The molecule has 3 rings (SSSR count). The molecule has 0 amide bonds. The fraction of sp³-hybridized carbons (Fsp3) is 0.300. The quantitative estimate of drug-likeness (QED) is 0.741. The maximum absolute atomic E-state index is 10.0. The molecule has 124 valence electrons. The minimum absolute atomic E-state index is 0.233. The van der Waals surface area contributed by atoms with Crippen molar-refractivity contribution < 1.29 is 5.11 Å². The topological polar surface area (TPSA) is 49.2 Å². The summed E-state index contributed by atoms with van der Waals surface area (Å²) in [6, 6.07) is 14.1. The predicted octanol–water partition coefficient (Wildman–Crippen LogP) is 4.14. The lowest BCUT2D eigenvalue weighted by molar-refractivity contribution is 0.184. The van der Waals surface area contributed by atoms with Crippen molar-refractivity contribution in [1.82, 2.24) is 14.9 Å². The highest BCUT2D eigenvalue weighted by Crippen LogP contribution is 2.23. The number of hydrogen-bond acceptors (Lipinski definition) is 4. The van der Waals surface area contributed by atoms with Gasteiger partial charge >= 0.3 is 0 Å². The molecule has 1 N–H and O–H groups in total. The molecule has 2 heterocycles. The van der Waals surface area contributed by atoms with Crippen LogP contribution in [0.4, 0.5) is 0 Å². The minimum atomic E-state index is 0.233. The van der Waals surface area contributed by atoms with E-state index in [0.29, 0.717) is 11.6 Å². The van der Waals surface area contributed by atoms with Gasteiger partial charge in [-0.25, -0.2) is 4.98 Å². The molecule has 4 nitrogen and oxygen atoms in total. The number of nitrogens with zero attached hydrogens (tertiary/aromatic N) is 3. The Morgan fingerprint density at radius 3 is 2.71 bits per heavy atom. The van der Waals surface area contributed by atoms with Crippen molar-refractivity contribution >= 4 is 10.9 Å². The SMILES string of the molecule is CC[C@@H](C)N(Cc1cccnc1)Cc1ccc2cccc(O)c2n1. The standard InChI is InChI=1S/C20H23N3O/c1-3-15(2)23(13-16-6-5-11-21-12-16)14-18-10-9-17-7-4-8-19(24)20(17)22-18/h4-12,15,24H,3,13-14H2,1-2H3/t15-/m1/s1. The largest absolute Gasteiger partial charge is 0.506 e. The highest BCUT2D eigenvalue weighted by molar-refractivity contribution is 5.84. The van der Waals surface area contributed by atoms with Crippen LogP contribution >= 0.6 is 0 Å². The van der Waals surface area contributed by atoms with Gasteiger partial charge in [0.15, 0.2) is 0 Å². The van der Waals surface area contributed by atoms with Crippen LogP contribution in [0.1, 0.15) is 31.5 Å². The smallest absolute Gasteiger partial charge is 0.141 e. The normalized spacial score (nSPS) is 12.6. The van der Waals surface area contributed by atoms with E-state index in [0.717, 1.165) is 30.6 Å². The monoisotopic (exact) mass is 321 g/mol. The van der Waals surface area contributed by atoms with Gasteiger partial charge in [0.05, 0.1) is 5.69 Å². The van der Waals surface area contributed by atoms with Crippen molar-refractivity contribution in [3.05, 3.63) is 66.1 Å². The Labute approximate surface area is 142 Å². The van der Waals surface area contributed by atoms with E-state index in [1.165, 1.54) is 5.56 Å². The number of rotatable bonds is 6. The molecule has 1 atom stereocenters. The van der Waals surface area contributed by atoms with Gasteiger partial charge in [0.25, 0.3) is 0 Å². The number of hydrogen-bond donors (Lipinski definition) is 1. The lowest BCUT2D eigenvalue weighted by Gasteiger charge is -2.28. The molecule has 0 bridgehead atoms. The van der Waals surface area contributed by atoms with Crippen LogP contribution in [0.2, 0.25) is 0 Å². The Morgan fingerprint density at radius 2 is 1.96 bits per heavy atom. The zero-order valence-electron chi connectivity index (χ0n) is 14.2. The fourth-order valence-electron chi connectivity index (χ4n) is 2.82. The summed E-state index contributed by atoms with van der Waals surface area (Å²) in [6.45, 7) is 6.01. The third-order valence-corrected chi connectivity index (χ3v) is 4.44. The molecule has 2 aromatic heterocycles. The number of phenols is 1. The lowest BCUT2D eigenvalue weighted by atomic mass is 10.1. The molecule has 0 radical (unpaired) electrons. The van der Waals surface area contributed by atoms with Gasteiger partial charge < -0.3 is 5.11 Å². The summed E-state index contributed by atoms with van der Waals surface area (Å²) in [6.07, 6.45) is 4.78. The molecule has 3 aromatic rings. The van der Waals surface area contributed by atoms with E-state index in [9.17, 15) is 5.11 Å². The summed E-state index contributed by atoms with van der Waals surface area (Å²) in [5, 5.41) is 11.0. The third-order valence-electron chi connectivity index (χ3n) is 4.44. The average Bonchev–Trinajstić information content (AvgIpc) is 2.62. The summed E-state index contributed by atoms with van der Waals surface area (Å²) in [7, 11) is 0. The van der Waals surface area contributed by atoms with E-state index in [4.69, 9.17) is 0 Å². The van der Waals surface area contributed by atoms with Crippen LogP contribution in [0.15, 0.2) is 54.9 Å². The zero-order valence-corrected chi connectivity index (χ0v) is 14.2. The Hall–Kier alpha value is -2.46. The van der Waals surface area contributed by atoms with Crippen LogP contribution in [0.25, 0.3) is 10.9 Å². The summed E-state index contributed by atoms with van der Waals surface area (Å²) in [4.78, 5) is 11.3. The molecule has 4 heteroatoms. The van der Waals surface area contributed by atoms with E-state index in [-0.39, 0.29) is 5.75 Å². The summed E-state index contributed by atoms with van der Waals surface area (Å²) in [5.74, 6) is 0.233. The number of phenolic OH excluding ortho intramolecular Hbond substituents is 1. The van der Waals surface area contributed by atoms with Crippen LogP contribution < -0.4 is 0 Å². The third kappa shape index (κ3) is 3.71.